The first-order chi connectivity index (χ1) is 15.6. The molecule has 1 heterocycles. The summed E-state index contributed by atoms with van der Waals surface area (Å²) in [4.78, 5) is 11.8. The smallest absolute Gasteiger partial charge is 0.310 e. The van der Waals surface area contributed by atoms with Gasteiger partial charge in [-0.3, -0.25) is 4.79 Å². The molecule has 0 saturated heterocycles. The molecule has 0 spiro atoms. The Balaban J connectivity index is 1.66. The van der Waals surface area contributed by atoms with E-state index in [0.717, 1.165) is 34.1 Å². The van der Waals surface area contributed by atoms with Crippen molar-refractivity contribution >= 4 is 16.9 Å². The van der Waals surface area contributed by atoms with Gasteiger partial charge in [-0.15, -0.1) is 0 Å². The average molecular weight is 425 g/mol. The van der Waals surface area contributed by atoms with Crippen molar-refractivity contribution < 1.29 is 18.7 Å². The van der Waals surface area contributed by atoms with Crippen molar-refractivity contribution in [2.75, 3.05) is 7.11 Å². The molecule has 5 nitrogen and oxygen atoms in total. The highest BCUT2D eigenvalue weighted by molar-refractivity contribution is 5.93. The summed E-state index contributed by atoms with van der Waals surface area (Å²) in [6.45, 7) is 2.44. The second-order valence-electron chi connectivity index (χ2n) is 7.51. The molecule has 160 valence electrons. The van der Waals surface area contributed by atoms with Crippen molar-refractivity contribution in [1.82, 2.24) is 0 Å². The van der Waals surface area contributed by atoms with Crippen LogP contribution in [0.1, 0.15) is 29.2 Å². The first-order valence-corrected chi connectivity index (χ1v) is 10.4. The Labute approximate surface area is 186 Å². The fraction of sp³-hybridized carbons (Fsp3) is 0.185. The van der Waals surface area contributed by atoms with Crippen LogP contribution < -0.4 is 4.74 Å². The van der Waals surface area contributed by atoms with Gasteiger partial charge < -0.3 is 13.9 Å². The van der Waals surface area contributed by atoms with Gasteiger partial charge in [0.15, 0.2) is 0 Å². The summed E-state index contributed by atoms with van der Waals surface area (Å²) in [5.41, 5.74) is 6.27. The third-order valence-corrected chi connectivity index (χ3v) is 5.40. The normalized spacial score (nSPS) is 10.7. The molecule has 0 aliphatic carbocycles. The van der Waals surface area contributed by atoms with Gasteiger partial charge >= 0.3 is 5.97 Å². The van der Waals surface area contributed by atoms with Crippen molar-refractivity contribution in [2.24, 2.45) is 0 Å². The van der Waals surface area contributed by atoms with Gasteiger partial charge in [0.25, 0.3) is 0 Å². The number of fused-ring (bicyclic) bond motifs is 1. The van der Waals surface area contributed by atoms with Crippen LogP contribution in [-0.4, -0.2) is 13.1 Å². The average Bonchev–Trinajstić information content (AvgIpc) is 3.31. The largest absolute Gasteiger partial charge is 0.489 e. The molecule has 0 aliphatic rings. The number of carbonyl (C=O) groups excluding carboxylic acids is 1. The number of nitrogens with zero attached hydrogens (tertiary/aromatic N) is 1. The Morgan fingerprint density at radius 3 is 2.72 bits per heavy atom. The lowest BCUT2D eigenvalue weighted by atomic mass is 9.98. The van der Waals surface area contributed by atoms with E-state index in [-0.39, 0.29) is 12.4 Å². The molecule has 0 unspecified atom stereocenters. The van der Waals surface area contributed by atoms with Crippen LogP contribution in [0.5, 0.6) is 5.75 Å². The first kappa shape index (κ1) is 21.2. The van der Waals surface area contributed by atoms with Gasteiger partial charge in [0.2, 0.25) is 0 Å². The Hall–Kier alpha value is -4.04. The second kappa shape index (κ2) is 9.40. The lowest BCUT2D eigenvalue weighted by molar-refractivity contribution is -0.139. The molecule has 0 N–H and O–H groups in total. The maximum atomic E-state index is 11.8. The molecule has 32 heavy (non-hydrogen) atoms. The summed E-state index contributed by atoms with van der Waals surface area (Å²) in [6.07, 6.45) is 2.69. The number of furan rings is 1. The highest BCUT2D eigenvalue weighted by Gasteiger charge is 2.13. The van der Waals surface area contributed by atoms with E-state index in [4.69, 9.17) is 13.9 Å². The number of hydrogen-bond acceptors (Lipinski definition) is 5. The zero-order chi connectivity index (χ0) is 22.5. The molecule has 4 aromatic rings. The molecular weight excluding hydrogens is 402 g/mol. The molecule has 0 fully saturated rings. The fourth-order valence-electron chi connectivity index (χ4n) is 3.72. The zero-order valence-electron chi connectivity index (χ0n) is 18.1. The molecule has 0 atom stereocenters. The van der Waals surface area contributed by atoms with E-state index < -0.39 is 0 Å². The summed E-state index contributed by atoms with van der Waals surface area (Å²) in [7, 11) is 1.34. The van der Waals surface area contributed by atoms with E-state index in [0.29, 0.717) is 23.5 Å². The SMILES string of the molecule is CCc1cccc(-c2cc(COc3ccc(C#N)cc3CC(=O)OC)cc3ccoc23)c1. The van der Waals surface area contributed by atoms with Crippen LogP contribution >= 0.6 is 0 Å². The van der Waals surface area contributed by atoms with Gasteiger partial charge in [0.1, 0.15) is 17.9 Å². The Morgan fingerprint density at radius 2 is 1.94 bits per heavy atom. The number of aryl methyl sites for hydroxylation is 1. The van der Waals surface area contributed by atoms with Gasteiger partial charge in [-0.05, 0) is 59.5 Å². The third-order valence-electron chi connectivity index (χ3n) is 5.40. The van der Waals surface area contributed by atoms with E-state index >= 15 is 0 Å². The third kappa shape index (κ3) is 4.50. The van der Waals surface area contributed by atoms with Crippen LogP contribution in [0.3, 0.4) is 0 Å². The standard InChI is InChI=1S/C27H23NO4/c1-3-18-5-4-6-21(11-18)24-14-20(13-22-9-10-31-27(22)24)17-32-25-8-7-19(16-28)12-23(25)15-26(29)30-2/h4-14H,3,15,17H2,1-2H3. The van der Waals surface area contributed by atoms with Crippen LogP contribution in [-0.2, 0) is 29.0 Å². The number of rotatable bonds is 7. The number of methoxy groups -OCH3 is 1. The predicted molar refractivity (Wildman–Crippen MR) is 122 cm³/mol. The van der Waals surface area contributed by atoms with Gasteiger partial charge in [0, 0.05) is 16.5 Å². The molecule has 4 rings (SSSR count). The molecular formula is C27H23NO4. The Bertz CT molecular complexity index is 1310. The van der Waals surface area contributed by atoms with Crippen LogP contribution in [0.15, 0.2) is 71.3 Å². The van der Waals surface area contributed by atoms with E-state index in [9.17, 15) is 10.1 Å². The highest BCUT2D eigenvalue weighted by Crippen LogP contribution is 2.32. The van der Waals surface area contributed by atoms with Crippen molar-refractivity contribution in [3.8, 4) is 22.9 Å². The number of ether oxygens (including phenoxy) is 2. The van der Waals surface area contributed by atoms with Gasteiger partial charge in [-0.1, -0.05) is 31.2 Å². The van der Waals surface area contributed by atoms with Gasteiger partial charge in [0.05, 0.1) is 31.4 Å². The van der Waals surface area contributed by atoms with E-state index in [1.54, 1.807) is 24.5 Å². The van der Waals surface area contributed by atoms with Crippen molar-refractivity contribution in [3.63, 3.8) is 0 Å². The summed E-state index contributed by atoms with van der Waals surface area (Å²) < 4.78 is 16.6. The van der Waals surface area contributed by atoms with Crippen LogP contribution in [0, 0.1) is 11.3 Å². The minimum absolute atomic E-state index is 0.0389. The van der Waals surface area contributed by atoms with Crippen LogP contribution in [0.25, 0.3) is 22.1 Å². The van der Waals surface area contributed by atoms with E-state index in [1.807, 2.05) is 12.1 Å². The molecule has 0 aliphatic heterocycles. The monoisotopic (exact) mass is 425 g/mol. The highest BCUT2D eigenvalue weighted by atomic mass is 16.5. The maximum Gasteiger partial charge on any atom is 0.310 e. The summed E-state index contributed by atoms with van der Waals surface area (Å²) in [5, 5.41) is 10.2. The van der Waals surface area contributed by atoms with Crippen LogP contribution in [0.2, 0.25) is 0 Å². The van der Waals surface area contributed by atoms with E-state index in [2.05, 4.69) is 43.3 Å². The van der Waals surface area contributed by atoms with Crippen molar-refractivity contribution in [3.05, 3.63) is 89.2 Å². The van der Waals surface area contributed by atoms with Gasteiger partial charge in [-0.2, -0.15) is 5.26 Å². The summed E-state index contributed by atoms with van der Waals surface area (Å²) >= 11 is 0. The molecule has 5 heteroatoms. The summed E-state index contributed by atoms with van der Waals surface area (Å²) in [5.74, 6) is 0.166. The minimum atomic E-state index is -0.386. The number of esters is 1. The number of nitriles is 1. The first-order valence-electron chi connectivity index (χ1n) is 10.4. The second-order valence-corrected chi connectivity index (χ2v) is 7.51. The Kier molecular flexibility index (Phi) is 6.23. The molecule has 3 aromatic carbocycles. The predicted octanol–water partition coefficient (Wildman–Crippen LogP) is 5.83. The van der Waals surface area contributed by atoms with E-state index in [1.165, 1.54) is 12.7 Å². The number of benzene rings is 3. The maximum absolute atomic E-state index is 11.8. The van der Waals surface area contributed by atoms with Gasteiger partial charge in [-0.25, -0.2) is 0 Å². The molecule has 1 aromatic heterocycles. The lowest BCUT2D eigenvalue weighted by Crippen LogP contribution is -2.07. The minimum Gasteiger partial charge on any atom is -0.489 e. The Morgan fingerprint density at radius 1 is 1.06 bits per heavy atom. The molecule has 0 bridgehead atoms. The van der Waals surface area contributed by atoms with Crippen molar-refractivity contribution in [2.45, 2.75) is 26.4 Å². The zero-order valence-corrected chi connectivity index (χ0v) is 18.1. The quantitative estimate of drug-likeness (QED) is 0.348. The van der Waals surface area contributed by atoms with Crippen molar-refractivity contribution in [1.29, 1.82) is 5.26 Å². The lowest BCUT2D eigenvalue weighted by Gasteiger charge is -2.13. The summed E-state index contributed by atoms with van der Waals surface area (Å²) in [6, 6.07) is 21.6. The van der Waals surface area contributed by atoms with Crippen LogP contribution in [0.4, 0.5) is 0 Å². The molecule has 0 saturated carbocycles. The molecule has 0 amide bonds. The molecule has 0 radical (unpaired) electrons. The topological polar surface area (TPSA) is 72.5 Å². The number of hydrogen-bond donors (Lipinski definition) is 0. The number of carbonyl (C=O) groups is 1. The fourth-order valence-corrected chi connectivity index (χ4v) is 3.72.